The highest BCUT2D eigenvalue weighted by Crippen LogP contribution is 2.43. The summed E-state index contributed by atoms with van der Waals surface area (Å²) in [6.45, 7) is 5.34. The molecule has 1 aliphatic rings. The first-order chi connectivity index (χ1) is 10.8. The minimum atomic E-state index is -0.551. The highest BCUT2D eigenvalue weighted by Gasteiger charge is 2.32. The van der Waals surface area contributed by atoms with Gasteiger partial charge in [0.25, 0.3) is 0 Å². The Hall–Kier alpha value is -2.56. The number of carbonyl (C=O) groups excluding carboxylic acids is 2. The molecule has 1 heterocycles. The van der Waals surface area contributed by atoms with Gasteiger partial charge in [-0.05, 0) is 31.5 Å². The molecule has 23 heavy (non-hydrogen) atoms. The second-order valence-electron chi connectivity index (χ2n) is 6.21. The van der Waals surface area contributed by atoms with Crippen molar-refractivity contribution in [3.8, 4) is 11.5 Å². The van der Waals surface area contributed by atoms with Crippen LogP contribution >= 0.6 is 0 Å². The van der Waals surface area contributed by atoms with Crippen LogP contribution in [-0.2, 0) is 16.0 Å². The van der Waals surface area contributed by atoms with Gasteiger partial charge in [0.05, 0.1) is 7.11 Å². The zero-order chi connectivity index (χ0) is 16.8. The van der Waals surface area contributed by atoms with Crippen molar-refractivity contribution in [3.05, 3.63) is 35.4 Å². The molecule has 0 atom stereocenters. The number of carbonyl (C=O) groups is 2. The second-order valence-corrected chi connectivity index (χ2v) is 6.21. The van der Waals surface area contributed by atoms with Crippen molar-refractivity contribution < 1.29 is 23.8 Å². The minimum Gasteiger partial charge on any atom is -0.487 e. The SMILES string of the molecule is COC(=O)c1ccc2c3c(ccc2c1OC(C)=O)CC(C)(C)O3. The molecule has 0 radical (unpaired) electrons. The van der Waals surface area contributed by atoms with Gasteiger partial charge in [0.15, 0.2) is 5.75 Å². The van der Waals surface area contributed by atoms with E-state index < -0.39 is 11.9 Å². The Bertz CT molecular complexity index is 820. The van der Waals surface area contributed by atoms with Crippen molar-refractivity contribution in [2.45, 2.75) is 32.8 Å². The summed E-state index contributed by atoms with van der Waals surface area (Å²) in [5, 5.41) is 1.47. The zero-order valence-corrected chi connectivity index (χ0v) is 13.6. The van der Waals surface area contributed by atoms with Gasteiger partial charge in [-0.1, -0.05) is 12.1 Å². The third-order valence-corrected chi connectivity index (χ3v) is 3.83. The molecule has 0 aliphatic carbocycles. The van der Waals surface area contributed by atoms with E-state index in [4.69, 9.17) is 14.2 Å². The lowest BCUT2D eigenvalue weighted by atomic mass is 9.98. The topological polar surface area (TPSA) is 61.8 Å². The Morgan fingerprint density at radius 3 is 2.48 bits per heavy atom. The van der Waals surface area contributed by atoms with Crippen molar-refractivity contribution in [1.29, 1.82) is 0 Å². The number of hydrogen-bond acceptors (Lipinski definition) is 5. The van der Waals surface area contributed by atoms with Gasteiger partial charge < -0.3 is 14.2 Å². The normalized spacial score (nSPS) is 15.0. The molecule has 3 rings (SSSR count). The van der Waals surface area contributed by atoms with Crippen LogP contribution in [0, 0.1) is 0 Å². The molecule has 2 aromatic carbocycles. The van der Waals surface area contributed by atoms with Gasteiger partial charge in [0, 0.05) is 24.1 Å². The van der Waals surface area contributed by atoms with Crippen LogP contribution in [-0.4, -0.2) is 24.6 Å². The smallest absolute Gasteiger partial charge is 0.341 e. The summed E-state index contributed by atoms with van der Waals surface area (Å²) in [5.74, 6) is -0.0652. The largest absolute Gasteiger partial charge is 0.487 e. The van der Waals surface area contributed by atoms with E-state index in [2.05, 4.69) is 0 Å². The van der Waals surface area contributed by atoms with Crippen LogP contribution in [0.5, 0.6) is 11.5 Å². The van der Waals surface area contributed by atoms with Gasteiger partial charge in [-0.25, -0.2) is 4.79 Å². The quantitative estimate of drug-likeness (QED) is 0.629. The van der Waals surface area contributed by atoms with Crippen LogP contribution < -0.4 is 9.47 Å². The zero-order valence-electron chi connectivity index (χ0n) is 13.6. The highest BCUT2D eigenvalue weighted by molar-refractivity contribution is 6.04. The number of esters is 2. The standard InChI is InChI=1S/C18H18O5/c1-10(19)22-16-13-6-5-11-9-18(2,3)23-15(11)12(13)7-8-14(16)17(20)21-4/h5-8H,9H2,1-4H3. The second kappa shape index (κ2) is 5.26. The Morgan fingerprint density at radius 1 is 1.13 bits per heavy atom. The molecule has 0 amide bonds. The first-order valence-corrected chi connectivity index (χ1v) is 7.37. The number of fused-ring (bicyclic) bond motifs is 3. The lowest BCUT2D eigenvalue weighted by Crippen LogP contribution is -2.24. The Balaban J connectivity index is 2.26. The molecule has 0 aromatic heterocycles. The maximum Gasteiger partial charge on any atom is 0.341 e. The van der Waals surface area contributed by atoms with E-state index in [-0.39, 0.29) is 16.9 Å². The van der Waals surface area contributed by atoms with Gasteiger partial charge in [-0.2, -0.15) is 0 Å². The van der Waals surface area contributed by atoms with Crippen molar-refractivity contribution in [2.75, 3.05) is 7.11 Å². The Kier molecular flexibility index (Phi) is 3.51. The molecule has 0 bridgehead atoms. The van der Waals surface area contributed by atoms with Crippen LogP contribution in [0.4, 0.5) is 0 Å². The van der Waals surface area contributed by atoms with Crippen molar-refractivity contribution in [3.63, 3.8) is 0 Å². The molecule has 1 aliphatic heterocycles. The number of ether oxygens (including phenoxy) is 3. The first kappa shape index (κ1) is 15.3. The molecule has 0 fully saturated rings. The van der Waals surface area contributed by atoms with E-state index in [0.29, 0.717) is 5.39 Å². The summed E-state index contributed by atoms with van der Waals surface area (Å²) in [6.07, 6.45) is 0.805. The summed E-state index contributed by atoms with van der Waals surface area (Å²) in [6, 6.07) is 7.19. The predicted octanol–water partition coefficient (Wildman–Crippen LogP) is 3.27. The molecular formula is C18H18O5. The predicted molar refractivity (Wildman–Crippen MR) is 85.0 cm³/mol. The Labute approximate surface area is 134 Å². The van der Waals surface area contributed by atoms with E-state index in [1.165, 1.54) is 14.0 Å². The molecule has 0 saturated heterocycles. The van der Waals surface area contributed by atoms with Gasteiger partial charge in [-0.3, -0.25) is 4.79 Å². The lowest BCUT2D eigenvalue weighted by Gasteiger charge is -2.18. The lowest BCUT2D eigenvalue weighted by molar-refractivity contribution is -0.131. The average molecular weight is 314 g/mol. The number of hydrogen-bond donors (Lipinski definition) is 0. The van der Waals surface area contributed by atoms with Crippen LogP contribution in [0.2, 0.25) is 0 Å². The summed E-state index contributed by atoms with van der Waals surface area (Å²) < 4.78 is 16.1. The van der Waals surface area contributed by atoms with Crippen molar-refractivity contribution in [1.82, 2.24) is 0 Å². The fraction of sp³-hybridized carbons (Fsp3) is 0.333. The van der Waals surface area contributed by atoms with Crippen LogP contribution in [0.1, 0.15) is 36.7 Å². The highest BCUT2D eigenvalue weighted by atomic mass is 16.5. The maximum absolute atomic E-state index is 12.0. The van der Waals surface area contributed by atoms with Crippen LogP contribution in [0.25, 0.3) is 10.8 Å². The van der Waals surface area contributed by atoms with E-state index in [9.17, 15) is 9.59 Å². The molecular weight excluding hydrogens is 296 g/mol. The summed E-state index contributed by atoms with van der Waals surface area (Å²) >= 11 is 0. The van der Waals surface area contributed by atoms with Gasteiger partial charge >= 0.3 is 11.9 Å². The number of methoxy groups -OCH3 is 1. The molecule has 120 valence electrons. The van der Waals surface area contributed by atoms with Crippen molar-refractivity contribution >= 4 is 22.7 Å². The monoisotopic (exact) mass is 314 g/mol. The van der Waals surface area contributed by atoms with Crippen LogP contribution in [0.15, 0.2) is 24.3 Å². The molecule has 0 N–H and O–H groups in total. The van der Waals surface area contributed by atoms with Gasteiger partial charge in [0.2, 0.25) is 0 Å². The van der Waals surface area contributed by atoms with E-state index in [1.807, 2.05) is 26.0 Å². The fourth-order valence-corrected chi connectivity index (χ4v) is 2.95. The molecule has 0 unspecified atom stereocenters. The summed E-state index contributed by atoms with van der Waals surface area (Å²) in [4.78, 5) is 23.4. The van der Waals surface area contributed by atoms with Gasteiger partial charge in [-0.15, -0.1) is 0 Å². The van der Waals surface area contributed by atoms with E-state index >= 15 is 0 Å². The molecule has 2 aromatic rings. The molecule has 5 heteroatoms. The Morgan fingerprint density at radius 2 is 1.83 bits per heavy atom. The minimum absolute atomic E-state index is 0.206. The molecule has 5 nitrogen and oxygen atoms in total. The van der Waals surface area contributed by atoms with Crippen LogP contribution in [0.3, 0.4) is 0 Å². The van der Waals surface area contributed by atoms with E-state index in [1.54, 1.807) is 12.1 Å². The van der Waals surface area contributed by atoms with E-state index in [0.717, 1.165) is 23.1 Å². The summed E-state index contributed by atoms with van der Waals surface area (Å²) in [5.41, 5.74) is 1.04. The molecule has 0 saturated carbocycles. The number of rotatable bonds is 2. The first-order valence-electron chi connectivity index (χ1n) is 7.37. The van der Waals surface area contributed by atoms with Gasteiger partial charge in [0.1, 0.15) is 16.9 Å². The fourth-order valence-electron chi connectivity index (χ4n) is 2.95. The third-order valence-electron chi connectivity index (χ3n) is 3.83. The van der Waals surface area contributed by atoms with Crippen molar-refractivity contribution in [2.24, 2.45) is 0 Å². The number of benzene rings is 2. The molecule has 0 spiro atoms. The maximum atomic E-state index is 12.0. The third kappa shape index (κ3) is 2.63. The summed E-state index contributed by atoms with van der Waals surface area (Å²) in [7, 11) is 1.29. The average Bonchev–Trinajstić information content (AvgIpc) is 2.80.